The van der Waals surface area contributed by atoms with E-state index in [0.29, 0.717) is 40.7 Å². The van der Waals surface area contributed by atoms with Gasteiger partial charge in [0.25, 0.3) is 17.7 Å². The average molecular weight is 654 g/mol. The van der Waals surface area contributed by atoms with Crippen molar-refractivity contribution in [3.63, 3.8) is 0 Å². The molecule has 4 aliphatic rings. The lowest BCUT2D eigenvalue weighted by molar-refractivity contribution is -0.124. The molecule has 48 heavy (non-hydrogen) atoms. The first kappa shape index (κ1) is 31.0. The predicted molar refractivity (Wildman–Crippen MR) is 174 cm³/mol. The van der Waals surface area contributed by atoms with Crippen LogP contribution in [0.3, 0.4) is 0 Å². The van der Waals surface area contributed by atoms with Crippen molar-refractivity contribution in [2.45, 2.75) is 44.0 Å². The van der Waals surface area contributed by atoms with Crippen LogP contribution in [0.15, 0.2) is 59.6 Å². The number of rotatable bonds is 9. The van der Waals surface area contributed by atoms with Crippen LogP contribution in [0.2, 0.25) is 0 Å². The van der Waals surface area contributed by atoms with Crippen LogP contribution in [0, 0.1) is 0 Å². The fourth-order valence-corrected chi connectivity index (χ4v) is 6.67. The monoisotopic (exact) mass is 653 g/mol. The van der Waals surface area contributed by atoms with E-state index in [4.69, 9.17) is 18.9 Å². The number of hydrogen-bond acceptors (Lipinski definition) is 9. The second kappa shape index (κ2) is 12.9. The molecule has 0 radical (unpaired) electrons. The molecule has 248 valence electrons. The van der Waals surface area contributed by atoms with Gasteiger partial charge in [-0.2, -0.15) is 0 Å². The summed E-state index contributed by atoms with van der Waals surface area (Å²) in [6.45, 7) is 0.736. The van der Waals surface area contributed by atoms with E-state index >= 15 is 0 Å². The van der Waals surface area contributed by atoms with Crippen molar-refractivity contribution >= 4 is 41.2 Å². The third-order valence-corrected chi connectivity index (χ3v) is 9.08. The first-order chi connectivity index (χ1) is 23.3. The van der Waals surface area contributed by atoms with E-state index in [0.717, 1.165) is 18.4 Å². The predicted octanol–water partition coefficient (Wildman–Crippen LogP) is 3.33. The summed E-state index contributed by atoms with van der Waals surface area (Å²) in [4.78, 5) is 61.0. The molecule has 3 aromatic carbocycles. The zero-order valence-electron chi connectivity index (χ0n) is 26.6. The highest BCUT2D eigenvalue weighted by Gasteiger charge is 2.43. The fraction of sp³-hybridized carbons (Fsp3) is 0.343. The minimum atomic E-state index is -0.786. The van der Waals surface area contributed by atoms with Crippen LogP contribution >= 0.6 is 0 Å². The average Bonchev–Trinajstić information content (AvgIpc) is 3.71. The summed E-state index contributed by atoms with van der Waals surface area (Å²) in [7, 11) is 2.95. The molecule has 2 fully saturated rings. The lowest BCUT2D eigenvalue weighted by atomic mass is 10.1. The summed E-state index contributed by atoms with van der Waals surface area (Å²) >= 11 is 0. The van der Waals surface area contributed by atoms with Gasteiger partial charge >= 0.3 is 0 Å². The number of fused-ring (bicyclic) bond motifs is 4. The van der Waals surface area contributed by atoms with E-state index < -0.39 is 18.0 Å². The van der Waals surface area contributed by atoms with Crippen LogP contribution in [0.5, 0.6) is 23.0 Å². The molecule has 0 spiro atoms. The second-order valence-electron chi connectivity index (χ2n) is 12.1. The molecule has 13 nitrogen and oxygen atoms in total. The van der Waals surface area contributed by atoms with E-state index in [1.807, 2.05) is 30.3 Å². The van der Waals surface area contributed by atoms with Crippen LogP contribution in [-0.2, 0) is 16.2 Å². The number of benzene rings is 3. The van der Waals surface area contributed by atoms with Gasteiger partial charge in [-0.1, -0.05) is 30.3 Å². The second-order valence-corrected chi connectivity index (χ2v) is 12.1. The SMILES string of the molecule is COc1cc2c(cc1OCC(=O)N[C@H]1C[C@H]3C(=O)Nc4cc(OCc5ccccc5)c(OC)cc4C(=O)N3C1)N=C[C@@H]1CCCN1C2=O. The number of amides is 4. The summed E-state index contributed by atoms with van der Waals surface area (Å²) in [6, 6.07) is 14.7. The molecule has 4 aliphatic heterocycles. The molecule has 0 unspecified atom stereocenters. The Bertz CT molecular complexity index is 1810. The Morgan fingerprint density at radius 2 is 1.65 bits per heavy atom. The molecule has 7 rings (SSSR count). The maximum Gasteiger partial charge on any atom is 0.258 e. The molecule has 13 heteroatoms. The zero-order valence-corrected chi connectivity index (χ0v) is 26.6. The molecule has 3 atom stereocenters. The minimum absolute atomic E-state index is 0.0398. The largest absolute Gasteiger partial charge is 0.493 e. The van der Waals surface area contributed by atoms with Crippen molar-refractivity contribution in [3.05, 3.63) is 71.3 Å². The number of methoxy groups -OCH3 is 2. The quantitative estimate of drug-likeness (QED) is 0.358. The first-order valence-electron chi connectivity index (χ1n) is 15.8. The number of carbonyl (C=O) groups is 4. The van der Waals surface area contributed by atoms with Crippen LogP contribution < -0.4 is 29.6 Å². The molecule has 0 saturated carbocycles. The molecular weight excluding hydrogens is 618 g/mol. The lowest BCUT2D eigenvalue weighted by Gasteiger charge is -2.21. The van der Waals surface area contributed by atoms with Crippen molar-refractivity contribution in [2.24, 2.45) is 4.99 Å². The number of aliphatic imine (C=N–C) groups is 1. The van der Waals surface area contributed by atoms with Gasteiger partial charge in [0.2, 0.25) is 5.91 Å². The summed E-state index contributed by atoms with van der Waals surface area (Å²) in [5, 5.41) is 5.75. The van der Waals surface area contributed by atoms with E-state index in [2.05, 4.69) is 15.6 Å². The number of hydrogen-bond donors (Lipinski definition) is 2. The molecule has 3 aromatic rings. The van der Waals surface area contributed by atoms with Crippen molar-refractivity contribution < 1.29 is 38.1 Å². The van der Waals surface area contributed by atoms with Crippen LogP contribution in [0.4, 0.5) is 11.4 Å². The molecule has 0 bridgehead atoms. The van der Waals surface area contributed by atoms with Gasteiger partial charge in [0.1, 0.15) is 12.6 Å². The summed E-state index contributed by atoms with van der Waals surface area (Å²) < 4.78 is 22.8. The van der Waals surface area contributed by atoms with Crippen molar-refractivity contribution in [3.8, 4) is 23.0 Å². The highest BCUT2D eigenvalue weighted by atomic mass is 16.5. The number of carbonyl (C=O) groups excluding carboxylic acids is 4. The number of anilines is 1. The Kier molecular flexibility index (Phi) is 8.34. The third kappa shape index (κ3) is 5.87. The molecule has 2 saturated heterocycles. The topological polar surface area (TPSA) is 148 Å². The highest BCUT2D eigenvalue weighted by Crippen LogP contribution is 2.39. The molecule has 4 heterocycles. The molecule has 4 amide bonds. The Morgan fingerprint density at radius 1 is 0.917 bits per heavy atom. The molecule has 2 N–H and O–H groups in total. The maximum atomic E-state index is 13.7. The van der Waals surface area contributed by atoms with E-state index in [1.54, 1.807) is 35.4 Å². The van der Waals surface area contributed by atoms with Crippen LogP contribution in [0.25, 0.3) is 0 Å². The summed E-state index contributed by atoms with van der Waals surface area (Å²) in [5.41, 5.74) is 2.42. The molecule has 0 aromatic heterocycles. The van der Waals surface area contributed by atoms with Crippen molar-refractivity contribution in [1.82, 2.24) is 15.1 Å². The van der Waals surface area contributed by atoms with E-state index in [-0.39, 0.29) is 61.3 Å². The molecular formula is C35H35N5O8. The highest BCUT2D eigenvalue weighted by molar-refractivity contribution is 6.11. The van der Waals surface area contributed by atoms with Gasteiger partial charge in [0.15, 0.2) is 29.6 Å². The fourth-order valence-electron chi connectivity index (χ4n) is 6.67. The van der Waals surface area contributed by atoms with Crippen molar-refractivity contribution in [2.75, 3.05) is 39.2 Å². The number of nitrogens with one attached hydrogen (secondary N) is 2. The standard InChI is InChI=1S/C35H35N5O8/c1-45-28-12-23-25(36-16-22-9-6-10-39(22)34(23)43)14-30(28)48-19-32(41)37-21-11-27-33(42)38-26-15-31(47-18-20-7-4-3-5-8-20)29(46-2)13-24(26)35(44)40(27)17-21/h3-5,7-8,12-16,21-22,27H,6,9-11,17-19H2,1-2H3,(H,37,41)(H,38,42)/t21-,22-,27-/m0/s1. The Hall–Kier alpha value is -5.59. The number of nitrogens with zero attached hydrogens (tertiary/aromatic N) is 3. The van der Waals surface area contributed by atoms with Crippen LogP contribution in [0.1, 0.15) is 45.5 Å². The van der Waals surface area contributed by atoms with Gasteiger partial charge in [-0.05, 0) is 37.0 Å². The van der Waals surface area contributed by atoms with Gasteiger partial charge in [0, 0.05) is 37.5 Å². The van der Waals surface area contributed by atoms with Gasteiger partial charge in [-0.3, -0.25) is 24.2 Å². The van der Waals surface area contributed by atoms with Gasteiger partial charge in [-0.25, -0.2) is 0 Å². The van der Waals surface area contributed by atoms with Gasteiger partial charge in [-0.15, -0.1) is 0 Å². The first-order valence-corrected chi connectivity index (χ1v) is 15.8. The minimum Gasteiger partial charge on any atom is -0.493 e. The molecule has 0 aliphatic carbocycles. The smallest absolute Gasteiger partial charge is 0.258 e. The van der Waals surface area contributed by atoms with Gasteiger partial charge in [0.05, 0.1) is 42.8 Å². The summed E-state index contributed by atoms with van der Waals surface area (Å²) in [5.74, 6) is 0.0514. The Balaban J connectivity index is 1.01. The third-order valence-electron chi connectivity index (χ3n) is 9.08. The van der Waals surface area contributed by atoms with E-state index in [9.17, 15) is 19.2 Å². The maximum absolute atomic E-state index is 13.7. The Labute approximate surface area is 276 Å². The normalized spacial score (nSPS) is 20.9. The zero-order chi connectivity index (χ0) is 33.4. The van der Waals surface area contributed by atoms with Crippen LogP contribution in [-0.4, -0.2) is 91.7 Å². The number of ether oxygens (including phenoxy) is 4. The van der Waals surface area contributed by atoms with Crippen molar-refractivity contribution in [1.29, 1.82) is 0 Å². The lowest BCUT2D eigenvalue weighted by Crippen LogP contribution is -2.41. The Morgan fingerprint density at radius 3 is 2.42 bits per heavy atom. The summed E-state index contributed by atoms with van der Waals surface area (Å²) in [6.07, 6.45) is 3.80. The van der Waals surface area contributed by atoms with E-state index in [1.165, 1.54) is 19.1 Å². The van der Waals surface area contributed by atoms with Gasteiger partial charge < -0.3 is 39.4 Å².